The molecule has 0 saturated heterocycles. The van der Waals surface area contributed by atoms with E-state index in [9.17, 15) is 14.7 Å². The minimum absolute atomic E-state index is 0.0552. The van der Waals surface area contributed by atoms with Gasteiger partial charge in [0.05, 0.1) is 11.5 Å². The Bertz CT molecular complexity index is 577. The van der Waals surface area contributed by atoms with E-state index >= 15 is 0 Å². The highest BCUT2D eigenvalue weighted by atomic mass is 16.3. The smallest absolute Gasteiger partial charge is 0.208 e. The molecule has 22 heavy (non-hydrogen) atoms. The topological polar surface area (TPSA) is 54.4 Å². The summed E-state index contributed by atoms with van der Waals surface area (Å²) in [4.78, 5) is 24.8. The van der Waals surface area contributed by atoms with Crippen molar-refractivity contribution in [2.45, 2.75) is 64.9 Å². The molecule has 3 fully saturated rings. The molecule has 3 nitrogen and oxygen atoms in total. The predicted octanol–water partition coefficient (Wildman–Crippen LogP) is 3.06. The van der Waals surface area contributed by atoms with Gasteiger partial charge in [-0.25, -0.2) is 0 Å². The molecule has 0 aliphatic heterocycles. The third-order valence-corrected chi connectivity index (χ3v) is 7.57. The summed E-state index contributed by atoms with van der Waals surface area (Å²) in [7, 11) is 0. The second-order valence-corrected chi connectivity index (χ2v) is 8.54. The molecular formula is C19H26O3. The predicted molar refractivity (Wildman–Crippen MR) is 83.1 cm³/mol. The molecule has 120 valence electrons. The van der Waals surface area contributed by atoms with E-state index < -0.39 is 11.5 Å². The van der Waals surface area contributed by atoms with Gasteiger partial charge in [0.1, 0.15) is 0 Å². The molecular weight excluding hydrogens is 276 g/mol. The normalized spacial score (nSPS) is 51.0. The Morgan fingerprint density at radius 3 is 2.77 bits per heavy atom. The number of hydrogen-bond acceptors (Lipinski definition) is 3. The summed E-state index contributed by atoms with van der Waals surface area (Å²) in [6, 6.07) is 0. The Hall–Kier alpha value is -0.960. The molecule has 6 atom stereocenters. The number of rotatable bonds is 0. The van der Waals surface area contributed by atoms with Crippen LogP contribution in [0.3, 0.4) is 0 Å². The Balaban J connectivity index is 1.80. The lowest BCUT2D eigenvalue weighted by Crippen LogP contribution is -2.59. The molecule has 4 rings (SSSR count). The summed E-state index contributed by atoms with van der Waals surface area (Å²) in [5, 5.41) is 10.9. The minimum Gasteiger partial charge on any atom is -0.393 e. The fourth-order valence-electron chi connectivity index (χ4n) is 6.58. The summed E-state index contributed by atoms with van der Waals surface area (Å²) < 4.78 is 0. The second kappa shape index (κ2) is 4.53. The van der Waals surface area contributed by atoms with Gasteiger partial charge < -0.3 is 5.11 Å². The zero-order valence-corrected chi connectivity index (χ0v) is 13.6. The largest absolute Gasteiger partial charge is 0.393 e. The van der Waals surface area contributed by atoms with Gasteiger partial charge in [0.25, 0.3) is 0 Å². The number of carbonyl (C=O) groups excluding carboxylic acids is 2. The molecule has 4 aliphatic rings. The summed E-state index contributed by atoms with van der Waals surface area (Å²) in [5.74, 6) is 0.456. The number of aliphatic hydroxyl groups excluding tert-OH is 1. The molecule has 1 N–H and O–H groups in total. The summed E-state index contributed by atoms with van der Waals surface area (Å²) in [5.41, 5.74) is 0.626. The number of Topliss-reactive ketones (excluding diaryl/α,β-unsaturated/α-hetero) is 2. The van der Waals surface area contributed by atoms with Crippen molar-refractivity contribution in [2.24, 2.45) is 28.6 Å². The highest BCUT2D eigenvalue weighted by Gasteiger charge is 2.62. The van der Waals surface area contributed by atoms with Crippen molar-refractivity contribution in [1.82, 2.24) is 0 Å². The van der Waals surface area contributed by atoms with E-state index in [0.29, 0.717) is 11.8 Å². The minimum atomic E-state index is -0.735. The number of aliphatic hydroxyl groups is 1. The first-order chi connectivity index (χ1) is 10.4. The molecule has 0 bridgehead atoms. The Morgan fingerprint density at radius 2 is 2.00 bits per heavy atom. The molecule has 0 unspecified atom stereocenters. The van der Waals surface area contributed by atoms with Crippen LogP contribution in [0.5, 0.6) is 0 Å². The van der Waals surface area contributed by atoms with Gasteiger partial charge in [-0.05, 0) is 56.3 Å². The van der Waals surface area contributed by atoms with Crippen molar-refractivity contribution >= 4 is 11.6 Å². The maximum atomic E-state index is 12.8. The van der Waals surface area contributed by atoms with E-state index in [1.807, 2.05) is 13.0 Å². The lowest BCUT2D eigenvalue weighted by molar-refractivity contribution is -0.156. The van der Waals surface area contributed by atoms with Crippen molar-refractivity contribution in [3.8, 4) is 0 Å². The third-order valence-electron chi connectivity index (χ3n) is 7.57. The van der Waals surface area contributed by atoms with E-state index in [1.54, 1.807) is 0 Å². The third kappa shape index (κ3) is 1.66. The van der Waals surface area contributed by atoms with E-state index in [4.69, 9.17) is 0 Å². The molecule has 0 aromatic rings. The Kier molecular flexibility index (Phi) is 3.01. The number of ketones is 2. The summed E-state index contributed by atoms with van der Waals surface area (Å²) in [6.45, 7) is 4.27. The maximum absolute atomic E-state index is 12.8. The lowest BCUT2D eigenvalue weighted by Gasteiger charge is -2.58. The number of hydrogen-bond donors (Lipinski definition) is 1. The summed E-state index contributed by atoms with van der Waals surface area (Å²) in [6.07, 6.45) is 8.25. The fraction of sp³-hybridized carbons (Fsp3) is 0.789. The van der Waals surface area contributed by atoms with E-state index in [1.165, 1.54) is 19.3 Å². The maximum Gasteiger partial charge on any atom is 0.208 e. The van der Waals surface area contributed by atoms with Gasteiger partial charge in [-0.15, -0.1) is 0 Å². The zero-order chi connectivity index (χ0) is 15.7. The first-order valence-electron chi connectivity index (χ1n) is 8.83. The van der Waals surface area contributed by atoms with Gasteiger partial charge in [0.15, 0.2) is 0 Å². The van der Waals surface area contributed by atoms with Crippen LogP contribution in [0.1, 0.15) is 58.8 Å². The van der Waals surface area contributed by atoms with Crippen LogP contribution in [0.25, 0.3) is 0 Å². The van der Waals surface area contributed by atoms with Gasteiger partial charge in [0, 0.05) is 12.3 Å². The lowest BCUT2D eigenvalue weighted by atomic mass is 9.46. The highest BCUT2D eigenvalue weighted by molar-refractivity contribution is 6.41. The Labute approximate surface area is 132 Å². The SMILES string of the molecule is C[C@@]12CCC[C@H]1[C@@H]1CCC3=CCC(=O)C(=O)[C@]3(C)[C@H]1[C@@H](O)C2. The van der Waals surface area contributed by atoms with Crippen molar-refractivity contribution < 1.29 is 14.7 Å². The Morgan fingerprint density at radius 1 is 1.23 bits per heavy atom. The zero-order valence-electron chi connectivity index (χ0n) is 13.6. The number of fused-ring (bicyclic) bond motifs is 5. The molecule has 4 aliphatic carbocycles. The molecule has 0 aromatic carbocycles. The monoisotopic (exact) mass is 302 g/mol. The van der Waals surface area contributed by atoms with Gasteiger partial charge in [-0.1, -0.05) is 25.0 Å². The molecule has 0 amide bonds. The van der Waals surface area contributed by atoms with Crippen LogP contribution in [0.2, 0.25) is 0 Å². The molecule has 0 heterocycles. The van der Waals surface area contributed by atoms with Crippen molar-refractivity contribution in [2.75, 3.05) is 0 Å². The number of allylic oxidation sites excluding steroid dienone is 2. The van der Waals surface area contributed by atoms with Gasteiger partial charge in [0.2, 0.25) is 11.6 Å². The fourth-order valence-corrected chi connectivity index (χ4v) is 6.58. The van der Waals surface area contributed by atoms with Crippen LogP contribution in [0, 0.1) is 28.6 Å². The van der Waals surface area contributed by atoms with Crippen LogP contribution >= 0.6 is 0 Å². The molecule has 0 spiro atoms. The quantitative estimate of drug-likeness (QED) is 0.553. The van der Waals surface area contributed by atoms with Gasteiger partial charge in [-0.3, -0.25) is 9.59 Å². The molecule has 3 heteroatoms. The average molecular weight is 302 g/mol. The number of carbonyl (C=O) groups is 2. The molecule has 0 radical (unpaired) electrons. The first-order valence-corrected chi connectivity index (χ1v) is 8.83. The van der Waals surface area contributed by atoms with Crippen molar-refractivity contribution in [3.05, 3.63) is 11.6 Å². The van der Waals surface area contributed by atoms with Crippen LogP contribution in [0.15, 0.2) is 11.6 Å². The highest BCUT2D eigenvalue weighted by Crippen LogP contribution is 2.64. The average Bonchev–Trinajstić information content (AvgIpc) is 2.85. The first kappa shape index (κ1) is 14.6. The molecule has 0 aromatic heterocycles. The van der Waals surface area contributed by atoms with Crippen LogP contribution in [-0.2, 0) is 9.59 Å². The van der Waals surface area contributed by atoms with E-state index in [-0.39, 0.29) is 29.3 Å². The van der Waals surface area contributed by atoms with E-state index in [0.717, 1.165) is 24.8 Å². The summed E-state index contributed by atoms with van der Waals surface area (Å²) >= 11 is 0. The van der Waals surface area contributed by atoms with Crippen LogP contribution in [0.4, 0.5) is 0 Å². The van der Waals surface area contributed by atoms with Crippen LogP contribution in [-0.4, -0.2) is 22.8 Å². The van der Waals surface area contributed by atoms with Gasteiger partial charge >= 0.3 is 0 Å². The van der Waals surface area contributed by atoms with E-state index in [2.05, 4.69) is 6.92 Å². The standard InChI is InChI=1S/C19H26O3/c1-18-9-3-4-13(18)12-7-5-11-6-8-14(20)17(22)19(11,2)16(12)15(21)10-18/h6,12-13,15-16,21H,3-5,7-10H2,1-2H3/t12-,13-,15-,16+,18-,19-/m0/s1. The molecule has 3 saturated carbocycles. The van der Waals surface area contributed by atoms with Crippen LogP contribution < -0.4 is 0 Å². The van der Waals surface area contributed by atoms with Gasteiger partial charge in [-0.2, -0.15) is 0 Å². The van der Waals surface area contributed by atoms with Crippen molar-refractivity contribution in [1.29, 1.82) is 0 Å². The second-order valence-electron chi connectivity index (χ2n) is 8.54. The van der Waals surface area contributed by atoms with Crippen molar-refractivity contribution in [3.63, 3.8) is 0 Å².